The maximum Gasteiger partial charge on any atom is 0.162 e. The number of hydrogen-bond donors (Lipinski definition) is 1. The molecular weight excluding hydrogens is 228 g/mol. The molecule has 0 unspecified atom stereocenters. The number of methoxy groups -OCH3 is 2. The fourth-order valence-corrected chi connectivity index (χ4v) is 2.65. The van der Waals surface area contributed by atoms with Crippen molar-refractivity contribution in [2.24, 2.45) is 11.7 Å². The summed E-state index contributed by atoms with van der Waals surface area (Å²) in [6, 6.07) is 10.6. The third kappa shape index (κ3) is 3.09. The molecule has 2 atom stereocenters. The smallest absolute Gasteiger partial charge is 0.162 e. The Labute approximate surface area is 109 Å². The minimum atomic E-state index is -0.208. The molecule has 2 N–H and O–H groups in total. The van der Waals surface area contributed by atoms with Gasteiger partial charge in [0.05, 0.1) is 0 Å². The van der Waals surface area contributed by atoms with Crippen molar-refractivity contribution in [3.05, 3.63) is 35.9 Å². The minimum Gasteiger partial charge on any atom is -0.356 e. The number of rotatable bonds is 5. The molecule has 2 rings (SSSR count). The summed E-state index contributed by atoms with van der Waals surface area (Å²) in [6.45, 7) is 2.75. The fraction of sp³-hybridized carbons (Fsp3) is 0.571. The molecule has 4 nitrogen and oxygen atoms in total. The second kappa shape index (κ2) is 6.29. The van der Waals surface area contributed by atoms with E-state index in [0.717, 1.165) is 19.6 Å². The van der Waals surface area contributed by atoms with Gasteiger partial charge in [-0.05, 0) is 5.56 Å². The SMILES string of the molecule is COC(OC)[C@@H]1CN(Cc2ccccc2)C[C@H]1N. The first-order valence-electron chi connectivity index (χ1n) is 6.32. The van der Waals surface area contributed by atoms with Crippen LogP contribution >= 0.6 is 0 Å². The van der Waals surface area contributed by atoms with E-state index in [9.17, 15) is 0 Å². The van der Waals surface area contributed by atoms with Gasteiger partial charge in [0, 0.05) is 45.8 Å². The first-order valence-corrected chi connectivity index (χ1v) is 6.32. The number of likely N-dealkylation sites (tertiary alicyclic amines) is 1. The zero-order valence-electron chi connectivity index (χ0n) is 11.1. The zero-order chi connectivity index (χ0) is 13.0. The summed E-state index contributed by atoms with van der Waals surface area (Å²) in [6.07, 6.45) is -0.208. The lowest BCUT2D eigenvalue weighted by Crippen LogP contribution is -2.38. The van der Waals surface area contributed by atoms with Crippen LogP contribution in [-0.2, 0) is 16.0 Å². The average Bonchev–Trinajstić information content (AvgIpc) is 2.73. The van der Waals surface area contributed by atoms with Crippen molar-refractivity contribution in [3.8, 4) is 0 Å². The van der Waals surface area contributed by atoms with Gasteiger partial charge < -0.3 is 15.2 Å². The van der Waals surface area contributed by atoms with Crippen LogP contribution in [0, 0.1) is 5.92 Å². The number of benzene rings is 1. The highest BCUT2D eigenvalue weighted by Gasteiger charge is 2.36. The maximum atomic E-state index is 6.17. The lowest BCUT2D eigenvalue weighted by atomic mass is 10.0. The topological polar surface area (TPSA) is 47.7 Å². The first-order chi connectivity index (χ1) is 8.74. The van der Waals surface area contributed by atoms with Crippen LogP contribution in [-0.4, -0.2) is 44.5 Å². The van der Waals surface area contributed by atoms with E-state index >= 15 is 0 Å². The van der Waals surface area contributed by atoms with Gasteiger partial charge >= 0.3 is 0 Å². The van der Waals surface area contributed by atoms with E-state index in [4.69, 9.17) is 15.2 Å². The van der Waals surface area contributed by atoms with Gasteiger partial charge in [-0.2, -0.15) is 0 Å². The van der Waals surface area contributed by atoms with E-state index in [-0.39, 0.29) is 18.2 Å². The fourth-order valence-electron chi connectivity index (χ4n) is 2.65. The van der Waals surface area contributed by atoms with Crippen LogP contribution in [0.25, 0.3) is 0 Å². The molecule has 1 saturated heterocycles. The van der Waals surface area contributed by atoms with Gasteiger partial charge in [-0.1, -0.05) is 30.3 Å². The molecule has 1 fully saturated rings. The largest absolute Gasteiger partial charge is 0.356 e. The highest BCUT2D eigenvalue weighted by molar-refractivity contribution is 5.14. The van der Waals surface area contributed by atoms with Gasteiger partial charge in [-0.15, -0.1) is 0 Å². The number of nitrogens with zero attached hydrogens (tertiary/aromatic N) is 1. The molecular formula is C14H22N2O2. The molecule has 4 heteroatoms. The Bertz CT molecular complexity index is 354. The molecule has 0 aliphatic carbocycles. The predicted octanol–water partition coefficient (Wildman–Crippen LogP) is 1.06. The molecule has 1 heterocycles. The highest BCUT2D eigenvalue weighted by Crippen LogP contribution is 2.22. The molecule has 1 aromatic carbocycles. The van der Waals surface area contributed by atoms with Crippen molar-refractivity contribution in [1.82, 2.24) is 4.90 Å². The Hall–Kier alpha value is -0.940. The van der Waals surface area contributed by atoms with Gasteiger partial charge in [-0.25, -0.2) is 0 Å². The van der Waals surface area contributed by atoms with Crippen molar-refractivity contribution < 1.29 is 9.47 Å². The molecule has 100 valence electrons. The number of nitrogens with two attached hydrogens (primary N) is 1. The minimum absolute atomic E-state index is 0.110. The van der Waals surface area contributed by atoms with Crippen LogP contribution in [0.5, 0.6) is 0 Å². The number of ether oxygens (including phenoxy) is 2. The van der Waals surface area contributed by atoms with Crippen LogP contribution in [0.2, 0.25) is 0 Å². The van der Waals surface area contributed by atoms with Crippen molar-refractivity contribution in [2.45, 2.75) is 18.9 Å². The summed E-state index contributed by atoms with van der Waals surface area (Å²) in [4.78, 5) is 2.36. The summed E-state index contributed by atoms with van der Waals surface area (Å²) in [5, 5.41) is 0. The summed E-state index contributed by atoms with van der Waals surface area (Å²) >= 11 is 0. The van der Waals surface area contributed by atoms with Gasteiger partial charge in [0.25, 0.3) is 0 Å². The third-order valence-electron chi connectivity index (χ3n) is 3.55. The molecule has 0 spiro atoms. The Kier molecular flexibility index (Phi) is 4.72. The normalized spacial score (nSPS) is 24.9. The monoisotopic (exact) mass is 250 g/mol. The van der Waals surface area contributed by atoms with Crippen molar-refractivity contribution in [3.63, 3.8) is 0 Å². The summed E-state index contributed by atoms with van der Waals surface area (Å²) in [7, 11) is 3.33. The first kappa shape index (κ1) is 13.5. The second-order valence-electron chi connectivity index (χ2n) is 4.85. The van der Waals surface area contributed by atoms with E-state index in [1.165, 1.54) is 5.56 Å². The lowest BCUT2D eigenvalue weighted by Gasteiger charge is -2.23. The van der Waals surface area contributed by atoms with E-state index < -0.39 is 0 Å². The third-order valence-corrected chi connectivity index (χ3v) is 3.55. The Morgan fingerprint density at radius 1 is 1.22 bits per heavy atom. The Morgan fingerprint density at radius 2 is 1.89 bits per heavy atom. The second-order valence-corrected chi connectivity index (χ2v) is 4.85. The van der Waals surface area contributed by atoms with Crippen molar-refractivity contribution >= 4 is 0 Å². The van der Waals surface area contributed by atoms with E-state index in [1.54, 1.807) is 14.2 Å². The van der Waals surface area contributed by atoms with E-state index in [0.29, 0.717) is 0 Å². The quantitative estimate of drug-likeness (QED) is 0.794. The van der Waals surface area contributed by atoms with E-state index in [1.807, 2.05) is 6.07 Å². The zero-order valence-corrected chi connectivity index (χ0v) is 11.1. The van der Waals surface area contributed by atoms with Crippen molar-refractivity contribution in [1.29, 1.82) is 0 Å². The lowest BCUT2D eigenvalue weighted by molar-refractivity contribution is -0.136. The highest BCUT2D eigenvalue weighted by atomic mass is 16.7. The molecule has 0 radical (unpaired) electrons. The molecule has 1 aliphatic heterocycles. The maximum absolute atomic E-state index is 6.17. The molecule has 1 aliphatic rings. The van der Waals surface area contributed by atoms with Gasteiger partial charge in [0.1, 0.15) is 0 Å². The van der Waals surface area contributed by atoms with Gasteiger partial charge in [0.2, 0.25) is 0 Å². The molecule has 1 aromatic rings. The van der Waals surface area contributed by atoms with Crippen LogP contribution in [0.15, 0.2) is 30.3 Å². The van der Waals surface area contributed by atoms with Crippen molar-refractivity contribution in [2.75, 3.05) is 27.3 Å². The predicted molar refractivity (Wildman–Crippen MR) is 71.0 cm³/mol. The molecule has 0 saturated carbocycles. The van der Waals surface area contributed by atoms with Crippen LogP contribution in [0.1, 0.15) is 5.56 Å². The summed E-state index contributed by atoms with van der Waals surface area (Å²) < 4.78 is 10.6. The molecule has 18 heavy (non-hydrogen) atoms. The van der Waals surface area contributed by atoms with Gasteiger partial charge in [-0.3, -0.25) is 4.90 Å². The van der Waals surface area contributed by atoms with E-state index in [2.05, 4.69) is 29.2 Å². The van der Waals surface area contributed by atoms with Crippen LogP contribution in [0.4, 0.5) is 0 Å². The summed E-state index contributed by atoms with van der Waals surface area (Å²) in [5.41, 5.74) is 7.49. The van der Waals surface area contributed by atoms with Crippen LogP contribution < -0.4 is 5.73 Å². The Balaban J connectivity index is 1.94. The standard InChI is InChI=1S/C14H22N2O2/c1-17-14(18-2)12-9-16(10-13(12)15)8-11-6-4-3-5-7-11/h3-7,12-14H,8-10,15H2,1-2H3/t12-,13-/m1/s1. The average molecular weight is 250 g/mol. The van der Waals surface area contributed by atoms with Crippen LogP contribution in [0.3, 0.4) is 0 Å². The molecule has 0 bridgehead atoms. The molecule has 0 amide bonds. The summed E-state index contributed by atoms with van der Waals surface area (Å²) in [5.74, 6) is 0.240. The number of hydrogen-bond acceptors (Lipinski definition) is 4. The van der Waals surface area contributed by atoms with Gasteiger partial charge in [0.15, 0.2) is 6.29 Å². The molecule has 0 aromatic heterocycles. The Morgan fingerprint density at radius 3 is 2.50 bits per heavy atom.